The number of aromatic nitrogens is 2. The van der Waals surface area contributed by atoms with Crippen LogP contribution in [-0.4, -0.2) is 21.7 Å². The van der Waals surface area contributed by atoms with Crippen molar-refractivity contribution in [3.8, 4) is 5.75 Å². The van der Waals surface area contributed by atoms with Gasteiger partial charge in [0, 0.05) is 23.5 Å². The van der Waals surface area contributed by atoms with Crippen LogP contribution in [0.15, 0.2) is 85.2 Å². The van der Waals surface area contributed by atoms with E-state index in [2.05, 4.69) is 9.97 Å². The lowest BCUT2D eigenvalue weighted by molar-refractivity contribution is 0.0735. The van der Waals surface area contributed by atoms with Crippen molar-refractivity contribution >= 4 is 22.8 Å². The molecule has 1 aromatic heterocycles. The van der Waals surface area contributed by atoms with Crippen LogP contribution in [0.25, 0.3) is 11.0 Å². The summed E-state index contributed by atoms with van der Waals surface area (Å²) in [5.41, 5.74) is 2.85. The van der Waals surface area contributed by atoms with Gasteiger partial charge in [0.15, 0.2) is 5.78 Å². The van der Waals surface area contributed by atoms with Gasteiger partial charge in [-0.25, -0.2) is 4.79 Å². The van der Waals surface area contributed by atoms with Crippen LogP contribution in [0.1, 0.15) is 26.3 Å². The molecule has 4 aromatic rings. The molecule has 0 amide bonds. The summed E-state index contributed by atoms with van der Waals surface area (Å²) in [5, 5.41) is 0. The molecular formula is C22H14N2O3. The van der Waals surface area contributed by atoms with Gasteiger partial charge < -0.3 is 4.74 Å². The number of benzene rings is 3. The zero-order valence-corrected chi connectivity index (χ0v) is 14.2. The summed E-state index contributed by atoms with van der Waals surface area (Å²) in [7, 11) is 0. The van der Waals surface area contributed by atoms with Crippen molar-refractivity contribution in [3.63, 3.8) is 0 Å². The first-order valence-electron chi connectivity index (χ1n) is 8.33. The number of fused-ring (bicyclic) bond motifs is 1. The van der Waals surface area contributed by atoms with Crippen molar-refractivity contribution in [1.29, 1.82) is 0 Å². The van der Waals surface area contributed by atoms with Gasteiger partial charge in [0.1, 0.15) is 5.75 Å². The SMILES string of the molecule is O=C(Oc1ccc(C(=O)c2ccccc2)cc1)c1ccc2nccnc2c1. The number of hydrogen-bond donors (Lipinski definition) is 0. The van der Waals surface area contributed by atoms with Gasteiger partial charge in [-0.1, -0.05) is 30.3 Å². The lowest BCUT2D eigenvalue weighted by Crippen LogP contribution is -2.09. The number of esters is 1. The van der Waals surface area contributed by atoms with Crippen LogP contribution >= 0.6 is 0 Å². The van der Waals surface area contributed by atoms with Crippen molar-refractivity contribution < 1.29 is 14.3 Å². The number of carbonyl (C=O) groups excluding carboxylic acids is 2. The van der Waals surface area contributed by atoms with Gasteiger partial charge in [0.2, 0.25) is 0 Å². The topological polar surface area (TPSA) is 69.2 Å². The van der Waals surface area contributed by atoms with Crippen LogP contribution in [0.3, 0.4) is 0 Å². The van der Waals surface area contributed by atoms with Gasteiger partial charge in [0.25, 0.3) is 0 Å². The van der Waals surface area contributed by atoms with Crippen LogP contribution in [0.2, 0.25) is 0 Å². The van der Waals surface area contributed by atoms with E-state index in [-0.39, 0.29) is 5.78 Å². The molecule has 0 bridgehead atoms. The number of rotatable bonds is 4. The van der Waals surface area contributed by atoms with E-state index in [0.29, 0.717) is 33.5 Å². The maximum atomic E-state index is 12.4. The van der Waals surface area contributed by atoms with Crippen molar-refractivity contribution in [2.45, 2.75) is 0 Å². The highest BCUT2D eigenvalue weighted by Gasteiger charge is 2.12. The van der Waals surface area contributed by atoms with Crippen molar-refractivity contribution in [2.24, 2.45) is 0 Å². The molecule has 0 aliphatic carbocycles. The lowest BCUT2D eigenvalue weighted by Gasteiger charge is -2.06. The second-order valence-corrected chi connectivity index (χ2v) is 5.87. The van der Waals surface area contributed by atoms with E-state index in [1.807, 2.05) is 18.2 Å². The molecule has 0 fully saturated rings. The molecule has 0 radical (unpaired) electrons. The molecule has 4 rings (SSSR count). The number of hydrogen-bond acceptors (Lipinski definition) is 5. The highest BCUT2D eigenvalue weighted by molar-refractivity contribution is 6.09. The second kappa shape index (κ2) is 7.17. The summed E-state index contributed by atoms with van der Waals surface area (Å²) in [6.07, 6.45) is 3.17. The van der Waals surface area contributed by atoms with Crippen LogP contribution < -0.4 is 4.74 Å². The molecule has 0 N–H and O–H groups in total. The smallest absolute Gasteiger partial charge is 0.343 e. The molecule has 0 unspecified atom stereocenters. The van der Waals surface area contributed by atoms with Crippen LogP contribution in [0.4, 0.5) is 0 Å². The van der Waals surface area contributed by atoms with Gasteiger partial charge in [-0.15, -0.1) is 0 Å². The molecule has 0 aliphatic heterocycles. The van der Waals surface area contributed by atoms with Gasteiger partial charge in [-0.2, -0.15) is 0 Å². The number of ether oxygens (including phenoxy) is 1. The average Bonchev–Trinajstić information content (AvgIpc) is 2.74. The number of ketones is 1. The van der Waals surface area contributed by atoms with Crippen LogP contribution in [-0.2, 0) is 0 Å². The third-order valence-electron chi connectivity index (χ3n) is 4.07. The first-order chi connectivity index (χ1) is 13.2. The van der Waals surface area contributed by atoms with Crippen LogP contribution in [0.5, 0.6) is 5.75 Å². The third kappa shape index (κ3) is 3.57. The van der Waals surface area contributed by atoms with Gasteiger partial charge >= 0.3 is 5.97 Å². The normalized spacial score (nSPS) is 10.5. The second-order valence-electron chi connectivity index (χ2n) is 5.87. The summed E-state index contributed by atoms with van der Waals surface area (Å²) >= 11 is 0. The predicted octanol–water partition coefficient (Wildman–Crippen LogP) is 4.08. The Bertz CT molecular complexity index is 1120. The Labute approximate surface area is 155 Å². The summed E-state index contributed by atoms with van der Waals surface area (Å²) in [6, 6.07) is 20.5. The zero-order valence-electron chi connectivity index (χ0n) is 14.2. The Morgan fingerprint density at radius 2 is 1.30 bits per heavy atom. The van der Waals surface area contributed by atoms with E-state index in [9.17, 15) is 9.59 Å². The highest BCUT2D eigenvalue weighted by Crippen LogP contribution is 2.18. The average molecular weight is 354 g/mol. The van der Waals surface area contributed by atoms with Gasteiger partial charge in [0.05, 0.1) is 16.6 Å². The minimum Gasteiger partial charge on any atom is -0.423 e. The molecule has 5 heteroatoms. The summed E-state index contributed by atoms with van der Waals surface area (Å²) in [5.74, 6) is -0.213. The largest absolute Gasteiger partial charge is 0.423 e. The van der Waals surface area contributed by atoms with E-state index in [1.165, 1.54) is 0 Å². The van der Waals surface area contributed by atoms with E-state index in [0.717, 1.165) is 0 Å². The predicted molar refractivity (Wildman–Crippen MR) is 101 cm³/mol. The Hall–Kier alpha value is -3.86. The fraction of sp³-hybridized carbons (Fsp3) is 0. The minimum absolute atomic E-state index is 0.0819. The van der Waals surface area contributed by atoms with Crippen molar-refractivity contribution in [1.82, 2.24) is 9.97 Å². The van der Waals surface area contributed by atoms with Crippen molar-refractivity contribution in [3.05, 3.63) is 102 Å². The van der Waals surface area contributed by atoms with Crippen LogP contribution in [0, 0.1) is 0 Å². The summed E-state index contributed by atoms with van der Waals surface area (Å²) < 4.78 is 5.39. The maximum Gasteiger partial charge on any atom is 0.343 e. The summed E-state index contributed by atoms with van der Waals surface area (Å²) in [6.45, 7) is 0. The zero-order chi connectivity index (χ0) is 18.6. The molecule has 0 saturated carbocycles. The number of carbonyl (C=O) groups is 2. The fourth-order valence-corrected chi connectivity index (χ4v) is 2.69. The molecular weight excluding hydrogens is 340 g/mol. The number of nitrogens with zero attached hydrogens (tertiary/aromatic N) is 2. The molecule has 0 atom stereocenters. The van der Waals surface area contributed by atoms with E-state index in [1.54, 1.807) is 67.0 Å². The van der Waals surface area contributed by atoms with E-state index >= 15 is 0 Å². The standard InChI is InChI=1S/C22H14N2O3/c25-21(15-4-2-1-3-5-15)16-6-9-18(10-7-16)27-22(26)17-8-11-19-20(14-17)24-13-12-23-19/h1-14H. The molecule has 0 saturated heterocycles. The molecule has 0 spiro atoms. The fourth-order valence-electron chi connectivity index (χ4n) is 2.69. The molecule has 1 heterocycles. The molecule has 27 heavy (non-hydrogen) atoms. The van der Waals surface area contributed by atoms with Crippen molar-refractivity contribution in [2.75, 3.05) is 0 Å². The highest BCUT2D eigenvalue weighted by atomic mass is 16.5. The third-order valence-corrected chi connectivity index (χ3v) is 4.07. The Morgan fingerprint density at radius 1 is 0.667 bits per heavy atom. The molecule has 0 aliphatic rings. The maximum absolute atomic E-state index is 12.4. The van der Waals surface area contributed by atoms with Gasteiger partial charge in [-0.3, -0.25) is 14.8 Å². The Balaban J connectivity index is 1.50. The molecule has 130 valence electrons. The first-order valence-corrected chi connectivity index (χ1v) is 8.33. The Kier molecular flexibility index (Phi) is 4.41. The Morgan fingerprint density at radius 3 is 2.04 bits per heavy atom. The molecule has 3 aromatic carbocycles. The molecule has 5 nitrogen and oxygen atoms in total. The minimum atomic E-state index is -0.496. The first kappa shape index (κ1) is 16.6. The summed E-state index contributed by atoms with van der Waals surface area (Å²) in [4.78, 5) is 33.1. The monoisotopic (exact) mass is 354 g/mol. The van der Waals surface area contributed by atoms with E-state index in [4.69, 9.17) is 4.74 Å². The van der Waals surface area contributed by atoms with Gasteiger partial charge in [-0.05, 0) is 42.5 Å². The quantitative estimate of drug-likeness (QED) is 0.314. The van der Waals surface area contributed by atoms with E-state index < -0.39 is 5.97 Å². The lowest BCUT2D eigenvalue weighted by atomic mass is 10.0.